The molecule has 0 aromatic heterocycles. The second-order valence-corrected chi connectivity index (χ2v) is 6.49. The zero-order valence-electron chi connectivity index (χ0n) is 9.69. The van der Waals surface area contributed by atoms with E-state index in [4.69, 9.17) is 0 Å². The van der Waals surface area contributed by atoms with Crippen LogP contribution in [0.1, 0.15) is 10.4 Å². The molecule has 0 saturated carbocycles. The molecule has 0 heterocycles. The SMILES string of the molecule is CNC(=O)c1ccc(S(=O)(=O)N(C)C)c(Br)c1. The average molecular weight is 321 g/mol. The van der Waals surface area contributed by atoms with Crippen molar-refractivity contribution in [1.82, 2.24) is 9.62 Å². The summed E-state index contributed by atoms with van der Waals surface area (Å²) in [6, 6.07) is 4.36. The molecule has 1 amide bonds. The van der Waals surface area contributed by atoms with Crippen LogP contribution in [0.2, 0.25) is 0 Å². The Morgan fingerprint density at radius 3 is 2.35 bits per heavy atom. The Labute approximate surface area is 109 Å². The van der Waals surface area contributed by atoms with Crippen LogP contribution in [0.15, 0.2) is 27.6 Å². The van der Waals surface area contributed by atoms with E-state index in [1.165, 1.54) is 39.3 Å². The fourth-order valence-corrected chi connectivity index (χ4v) is 3.12. The van der Waals surface area contributed by atoms with Gasteiger partial charge >= 0.3 is 0 Å². The lowest BCUT2D eigenvalue weighted by Crippen LogP contribution is -2.23. The summed E-state index contributed by atoms with van der Waals surface area (Å²) >= 11 is 3.16. The van der Waals surface area contributed by atoms with Crippen LogP contribution in [0, 0.1) is 0 Å². The van der Waals surface area contributed by atoms with Gasteiger partial charge in [-0.25, -0.2) is 12.7 Å². The molecular weight excluding hydrogens is 308 g/mol. The monoisotopic (exact) mass is 320 g/mol. The van der Waals surface area contributed by atoms with Crippen LogP contribution >= 0.6 is 15.9 Å². The lowest BCUT2D eigenvalue weighted by molar-refractivity contribution is 0.0963. The Bertz CT molecular complexity index is 540. The molecule has 1 N–H and O–H groups in total. The van der Waals surface area contributed by atoms with Gasteiger partial charge in [-0.1, -0.05) is 0 Å². The van der Waals surface area contributed by atoms with E-state index in [-0.39, 0.29) is 10.8 Å². The molecule has 94 valence electrons. The van der Waals surface area contributed by atoms with Gasteiger partial charge in [0.1, 0.15) is 0 Å². The van der Waals surface area contributed by atoms with E-state index in [0.29, 0.717) is 10.0 Å². The van der Waals surface area contributed by atoms with Gasteiger partial charge in [-0.3, -0.25) is 4.79 Å². The summed E-state index contributed by atoms with van der Waals surface area (Å²) in [4.78, 5) is 11.5. The third-order valence-corrected chi connectivity index (χ3v) is 4.97. The predicted molar refractivity (Wildman–Crippen MR) is 68.4 cm³/mol. The Morgan fingerprint density at radius 1 is 1.35 bits per heavy atom. The van der Waals surface area contributed by atoms with E-state index >= 15 is 0 Å². The average Bonchev–Trinajstić information content (AvgIpc) is 2.27. The number of amides is 1. The smallest absolute Gasteiger partial charge is 0.251 e. The standard InChI is InChI=1S/C10H13BrN2O3S/c1-12-10(14)7-4-5-9(8(11)6-7)17(15,16)13(2)3/h4-6H,1-3H3,(H,12,14). The Morgan fingerprint density at radius 2 is 1.94 bits per heavy atom. The molecule has 0 spiro atoms. The topological polar surface area (TPSA) is 66.5 Å². The van der Waals surface area contributed by atoms with Gasteiger partial charge in [0.2, 0.25) is 10.0 Å². The number of sulfonamides is 1. The third-order valence-electron chi connectivity index (χ3n) is 2.18. The van der Waals surface area contributed by atoms with E-state index in [1.807, 2.05) is 0 Å². The van der Waals surface area contributed by atoms with Crippen LogP contribution in [-0.2, 0) is 10.0 Å². The summed E-state index contributed by atoms with van der Waals surface area (Å²) < 4.78 is 25.3. The van der Waals surface area contributed by atoms with E-state index in [2.05, 4.69) is 21.2 Å². The second kappa shape index (κ2) is 5.16. The number of nitrogens with zero attached hydrogens (tertiary/aromatic N) is 1. The summed E-state index contributed by atoms with van der Waals surface area (Å²) in [6.45, 7) is 0. The maximum atomic E-state index is 11.9. The molecule has 0 aliphatic rings. The summed E-state index contributed by atoms with van der Waals surface area (Å²) in [5.74, 6) is -0.264. The van der Waals surface area contributed by atoms with Crippen molar-refractivity contribution in [2.45, 2.75) is 4.90 Å². The van der Waals surface area contributed by atoms with Crippen LogP contribution < -0.4 is 5.32 Å². The number of halogens is 1. The van der Waals surface area contributed by atoms with Crippen LogP contribution in [0.4, 0.5) is 0 Å². The number of carbonyl (C=O) groups is 1. The molecule has 0 atom stereocenters. The van der Waals surface area contributed by atoms with Crippen molar-refractivity contribution in [3.63, 3.8) is 0 Å². The molecule has 0 unspecified atom stereocenters. The van der Waals surface area contributed by atoms with E-state index in [9.17, 15) is 13.2 Å². The largest absolute Gasteiger partial charge is 0.355 e. The van der Waals surface area contributed by atoms with Crippen LogP contribution in [0.5, 0.6) is 0 Å². The van der Waals surface area contributed by atoms with Crippen molar-refractivity contribution in [2.75, 3.05) is 21.1 Å². The summed E-state index contributed by atoms with van der Waals surface area (Å²) in [6.07, 6.45) is 0. The fourth-order valence-electron chi connectivity index (χ4n) is 1.19. The van der Waals surface area contributed by atoms with Crippen molar-refractivity contribution in [3.05, 3.63) is 28.2 Å². The molecule has 1 aromatic rings. The molecule has 0 aliphatic heterocycles. The molecule has 0 bridgehead atoms. The van der Waals surface area contributed by atoms with Gasteiger partial charge in [0, 0.05) is 31.2 Å². The fraction of sp³-hybridized carbons (Fsp3) is 0.300. The zero-order valence-corrected chi connectivity index (χ0v) is 12.1. The number of rotatable bonds is 3. The quantitative estimate of drug-likeness (QED) is 0.905. The van der Waals surface area contributed by atoms with Gasteiger partial charge in [0.05, 0.1) is 4.90 Å². The molecule has 0 fully saturated rings. The van der Waals surface area contributed by atoms with Gasteiger partial charge < -0.3 is 5.32 Å². The van der Waals surface area contributed by atoms with E-state index < -0.39 is 10.0 Å². The minimum atomic E-state index is -3.50. The third kappa shape index (κ3) is 2.85. The first-order valence-corrected chi connectivity index (χ1v) is 6.98. The van der Waals surface area contributed by atoms with Crippen LogP contribution in [0.25, 0.3) is 0 Å². The summed E-state index contributed by atoms with van der Waals surface area (Å²) in [5.41, 5.74) is 0.400. The first kappa shape index (κ1) is 14.1. The minimum Gasteiger partial charge on any atom is -0.355 e. The van der Waals surface area contributed by atoms with E-state index in [0.717, 1.165) is 4.31 Å². The van der Waals surface area contributed by atoms with Gasteiger partial charge in [-0.05, 0) is 34.1 Å². The summed E-state index contributed by atoms with van der Waals surface area (Å²) in [7, 11) is 0.918. The van der Waals surface area contributed by atoms with Gasteiger partial charge in [-0.2, -0.15) is 0 Å². The second-order valence-electron chi connectivity index (χ2n) is 3.51. The van der Waals surface area contributed by atoms with Crippen LogP contribution in [0.3, 0.4) is 0 Å². The van der Waals surface area contributed by atoms with Crippen molar-refractivity contribution >= 4 is 31.9 Å². The molecule has 17 heavy (non-hydrogen) atoms. The number of nitrogens with one attached hydrogen (secondary N) is 1. The lowest BCUT2D eigenvalue weighted by Gasteiger charge is -2.13. The Kier molecular flexibility index (Phi) is 4.29. The number of hydrogen-bond acceptors (Lipinski definition) is 3. The molecule has 0 radical (unpaired) electrons. The Balaban J connectivity index is 3.29. The van der Waals surface area contributed by atoms with Crippen molar-refractivity contribution in [1.29, 1.82) is 0 Å². The highest BCUT2D eigenvalue weighted by Crippen LogP contribution is 2.25. The number of carbonyl (C=O) groups excluding carboxylic acids is 1. The van der Waals surface area contributed by atoms with Gasteiger partial charge in [0.25, 0.3) is 5.91 Å². The highest BCUT2D eigenvalue weighted by molar-refractivity contribution is 9.10. The van der Waals surface area contributed by atoms with Crippen LogP contribution in [-0.4, -0.2) is 39.8 Å². The number of benzene rings is 1. The molecule has 1 rings (SSSR count). The lowest BCUT2D eigenvalue weighted by atomic mass is 10.2. The van der Waals surface area contributed by atoms with E-state index in [1.54, 1.807) is 0 Å². The highest BCUT2D eigenvalue weighted by atomic mass is 79.9. The minimum absolute atomic E-state index is 0.134. The molecule has 1 aromatic carbocycles. The first-order valence-electron chi connectivity index (χ1n) is 4.75. The maximum absolute atomic E-state index is 11.9. The van der Waals surface area contributed by atoms with Crippen molar-refractivity contribution < 1.29 is 13.2 Å². The molecule has 5 nitrogen and oxygen atoms in total. The van der Waals surface area contributed by atoms with Gasteiger partial charge in [-0.15, -0.1) is 0 Å². The van der Waals surface area contributed by atoms with Crippen molar-refractivity contribution in [2.24, 2.45) is 0 Å². The molecule has 0 aliphatic carbocycles. The zero-order chi connectivity index (χ0) is 13.2. The molecule has 7 heteroatoms. The van der Waals surface area contributed by atoms with Crippen molar-refractivity contribution in [3.8, 4) is 0 Å². The maximum Gasteiger partial charge on any atom is 0.251 e. The first-order chi connectivity index (χ1) is 7.80. The molecular formula is C10H13BrN2O3S. The predicted octanol–water partition coefficient (Wildman–Crippen LogP) is 1.06. The number of hydrogen-bond donors (Lipinski definition) is 1. The normalized spacial score (nSPS) is 11.6. The summed E-state index contributed by atoms with van der Waals surface area (Å²) in [5, 5.41) is 2.47. The molecule has 0 saturated heterocycles. The Hall–Kier alpha value is -0.920. The highest BCUT2D eigenvalue weighted by Gasteiger charge is 2.21. The van der Waals surface area contributed by atoms with Gasteiger partial charge in [0.15, 0.2) is 0 Å².